The molecule has 0 radical (unpaired) electrons. The third-order valence-electron chi connectivity index (χ3n) is 2.76. The highest BCUT2D eigenvalue weighted by Crippen LogP contribution is 2.24. The highest BCUT2D eigenvalue weighted by atomic mass is 32.2. The maximum atomic E-state index is 9.19. The normalized spacial score (nSPS) is 10.8. The summed E-state index contributed by atoms with van der Waals surface area (Å²) in [4.78, 5) is 4.59. The standard InChI is InChI=1S/C15H16N2S/c1-11(2)7-8-18-15-9-12(10-16)13-5-3-4-6-14(13)17-15/h3-6,9,11H,7-8H2,1-2H3. The SMILES string of the molecule is CC(C)CCSc1cc(C#N)c2ccccc2n1. The van der Waals surface area contributed by atoms with Crippen LogP contribution in [0, 0.1) is 17.2 Å². The largest absolute Gasteiger partial charge is 0.241 e. The number of fused-ring (bicyclic) bond motifs is 1. The van der Waals surface area contributed by atoms with E-state index in [1.54, 1.807) is 11.8 Å². The van der Waals surface area contributed by atoms with E-state index in [0.717, 1.165) is 21.7 Å². The van der Waals surface area contributed by atoms with E-state index in [1.165, 1.54) is 6.42 Å². The lowest BCUT2D eigenvalue weighted by atomic mass is 10.1. The number of para-hydroxylation sites is 1. The molecule has 0 unspecified atom stereocenters. The molecule has 1 aromatic heterocycles. The zero-order chi connectivity index (χ0) is 13.0. The Morgan fingerprint density at radius 1 is 1.33 bits per heavy atom. The molecule has 0 aliphatic rings. The number of hydrogen-bond donors (Lipinski definition) is 0. The first-order valence-electron chi connectivity index (χ1n) is 6.13. The van der Waals surface area contributed by atoms with Crippen LogP contribution in [0.15, 0.2) is 35.4 Å². The molecule has 0 N–H and O–H groups in total. The molecule has 0 spiro atoms. The van der Waals surface area contributed by atoms with Gasteiger partial charge in [-0.2, -0.15) is 5.26 Å². The van der Waals surface area contributed by atoms with Crippen molar-refractivity contribution in [1.82, 2.24) is 4.98 Å². The van der Waals surface area contributed by atoms with E-state index >= 15 is 0 Å². The number of rotatable bonds is 4. The zero-order valence-electron chi connectivity index (χ0n) is 10.7. The van der Waals surface area contributed by atoms with Gasteiger partial charge in [0.25, 0.3) is 0 Å². The van der Waals surface area contributed by atoms with Gasteiger partial charge in [-0.3, -0.25) is 0 Å². The molecule has 0 aliphatic carbocycles. The van der Waals surface area contributed by atoms with Crippen molar-refractivity contribution in [2.45, 2.75) is 25.3 Å². The fraction of sp³-hybridized carbons (Fsp3) is 0.333. The lowest BCUT2D eigenvalue weighted by Crippen LogP contribution is -1.92. The van der Waals surface area contributed by atoms with Gasteiger partial charge in [-0.25, -0.2) is 4.98 Å². The van der Waals surface area contributed by atoms with E-state index in [-0.39, 0.29) is 0 Å². The number of nitriles is 1. The summed E-state index contributed by atoms with van der Waals surface area (Å²) < 4.78 is 0. The molecular formula is C15H16N2S. The summed E-state index contributed by atoms with van der Waals surface area (Å²) in [7, 11) is 0. The summed E-state index contributed by atoms with van der Waals surface area (Å²) in [5, 5.41) is 11.1. The molecule has 18 heavy (non-hydrogen) atoms. The van der Waals surface area contributed by atoms with E-state index in [2.05, 4.69) is 24.9 Å². The summed E-state index contributed by atoms with van der Waals surface area (Å²) in [6.45, 7) is 4.43. The average Bonchev–Trinajstić information content (AvgIpc) is 2.37. The van der Waals surface area contributed by atoms with Crippen LogP contribution in [-0.4, -0.2) is 10.7 Å². The second-order valence-electron chi connectivity index (χ2n) is 4.67. The molecule has 2 nitrogen and oxygen atoms in total. The Balaban J connectivity index is 2.27. The molecule has 1 heterocycles. The Morgan fingerprint density at radius 2 is 2.11 bits per heavy atom. The topological polar surface area (TPSA) is 36.7 Å². The molecule has 92 valence electrons. The van der Waals surface area contributed by atoms with Crippen molar-refractivity contribution in [3.8, 4) is 6.07 Å². The number of aromatic nitrogens is 1. The van der Waals surface area contributed by atoms with Gasteiger partial charge in [0.15, 0.2) is 0 Å². The van der Waals surface area contributed by atoms with Crippen LogP contribution in [0.4, 0.5) is 0 Å². The molecule has 3 heteroatoms. The molecule has 2 rings (SSSR count). The summed E-state index contributed by atoms with van der Waals surface area (Å²) in [5.41, 5.74) is 1.62. The molecule has 0 saturated heterocycles. The predicted octanol–water partition coefficient (Wildman–Crippen LogP) is 4.24. The van der Waals surface area contributed by atoms with Gasteiger partial charge in [-0.1, -0.05) is 32.0 Å². The zero-order valence-corrected chi connectivity index (χ0v) is 11.5. The second kappa shape index (κ2) is 5.88. The Bertz CT molecular complexity index is 585. The lowest BCUT2D eigenvalue weighted by Gasteiger charge is -2.06. The summed E-state index contributed by atoms with van der Waals surface area (Å²) in [6.07, 6.45) is 1.17. The lowest BCUT2D eigenvalue weighted by molar-refractivity contribution is 0.632. The molecule has 0 aliphatic heterocycles. The van der Waals surface area contributed by atoms with E-state index in [1.807, 2.05) is 30.3 Å². The Morgan fingerprint density at radius 3 is 2.83 bits per heavy atom. The molecule has 0 saturated carbocycles. The van der Waals surface area contributed by atoms with Gasteiger partial charge in [0.05, 0.1) is 22.2 Å². The van der Waals surface area contributed by atoms with Gasteiger partial charge in [-0.15, -0.1) is 11.8 Å². The quantitative estimate of drug-likeness (QED) is 0.767. The first kappa shape index (κ1) is 12.9. The average molecular weight is 256 g/mol. The number of thioether (sulfide) groups is 1. The van der Waals surface area contributed by atoms with Crippen LogP contribution in [-0.2, 0) is 0 Å². The fourth-order valence-corrected chi connectivity index (χ4v) is 2.88. The van der Waals surface area contributed by atoms with Gasteiger partial charge in [-0.05, 0) is 30.2 Å². The maximum Gasteiger partial charge on any atom is 0.0999 e. The number of nitrogens with zero attached hydrogens (tertiary/aromatic N) is 2. The molecule has 1 aromatic carbocycles. The minimum absolute atomic E-state index is 0.702. The number of hydrogen-bond acceptors (Lipinski definition) is 3. The summed E-state index contributed by atoms with van der Waals surface area (Å²) in [5.74, 6) is 1.75. The van der Waals surface area contributed by atoms with Crippen molar-refractivity contribution < 1.29 is 0 Å². The van der Waals surface area contributed by atoms with Crippen molar-refractivity contribution in [3.05, 3.63) is 35.9 Å². The van der Waals surface area contributed by atoms with E-state index < -0.39 is 0 Å². The van der Waals surface area contributed by atoms with Crippen molar-refractivity contribution in [2.75, 3.05) is 5.75 Å². The highest BCUT2D eigenvalue weighted by Gasteiger charge is 2.05. The van der Waals surface area contributed by atoms with Crippen molar-refractivity contribution in [2.24, 2.45) is 5.92 Å². The van der Waals surface area contributed by atoms with Gasteiger partial charge in [0.2, 0.25) is 0 Å². The van der Waals surface area contributed by atoms with Crippen molar-refractivity contribution in [1.29, 1.82) is 5.26 Å². The monoisotopic (exact) mass is 256 g/mol. The molecular weight excluding hydrogens is 240 g/mol. The van der Waals surface area contributed by atoms with Crippen LogP contribution < -0.4 is 0 Å². The molecule has 0 amide bonds. The third-order valence-corrected chi connectivity index (χ3v) is 3.70. The minimum Gasteiger partial charge on any atom is -0.241 e. The van der Waals surface area contributed by atoms with Gasteiger partial charge in [0, 0.05) is 5.39 Å². The maximum absolute atomic E-state index is 9.19. The number of pyridine rings is 1. The molecule has 0 bridgehead atoms. The molecule has 0 fully saturated rings. The van der Waals surface area contributed by atoms with Crippen molar-refractivity contribution >= 4 is 22.7 Å². The summed E-state index contributed by atoms with van der Waals surface area (Å²) >= 11 is 1.73. The minimum atomic E-state index is 0.702. The van der Waals surface area contributed by atoms with E-state index in [9.17, 15) is 5.26 Å². The van der Waals surface area contributed by atoms with Crippen LogP contribution in [0.25, 0.3) is 10.9 Å². The van der Waals surface area contributed by atoms with Gasteiger partial charge in [0.1, 0.15) is 0 Å². The molecule has 2 aromatic rings. The first-order valence-corrected chi connectivity index (χ1v) is 7.12. The van der Waals surface area contributed by atoms with Gasteiger partial charge >= 0.3 is 0 Å². The van der Waals surface area contributed by atoms with E-state index in [4.69, 9.17) is 0 Å². The third kappa shape index (κ3) is 3.02. The van der Waals surface area contributed by atoms with Crippen LogP contribution >= 0.6 is 11.8 Å². The van der Waals surface area contributed by atoms with Crippen LogP contribution in [0.2, 0.25) is 0 Å². The Kier molecular flexibility index (Phi) is 4.22. The predicted molar refractivity (Wildman–Crippen MR) is 76.6 cm³/mol. The van der Waals surface area contributed by atoms with Crippen LogP contribution in [0.3, 0.4) is 0 Å². The van der Waals surface area contributed by atoms with E-state index in [0.29, 0.717) is 11.5 Å². The first-order chi connectivity index (χ1) is 8.70. The van der Waals surface area contributed by atoms with Crippen molar-refractivity contribution in [3.63, 3.8) is 0 Å². The smallest absolute Gasteiger partial charge is 0.0999 e. The van der Waals surface area contributed by atoms with Crippen LogP contribution in [0.1, 0.15) is 25.8 Å². The Hall–Kier alpha value is -1.53. The number of benzene rings is 1. The molecule has 0 atom stereocenters. The Labute approximate surface area is 112 Å². The second-order valence-corrected chi connectivity index (χ2v) is 5.78. The highest BCUT2D eigenvalue weighted by molar-refractivity contribution is 7.99. The van der Waals surface area contributed by atoms with Crippen LogP contribution in [0.5, 0.6) is 0 Å². The van der Waals surface area contributed by atoms with Gasteiger partial charge < -0.3 is 0 Å². The summed E-state index contributed by atoms with van der Waals surface area (Å²) in [6, 6.07) is 12.0. The fourth-order valence-electron chi connectivity index (χ4n) is 1.72.